The molecule has 0 unspecified atom stereocenters. The van der Waals surface area contributed by atoms with Crippen LogP contribution in [0.1, 0.15) is 34.7 Å². The summed E-state index contributed by atoms with van der Waals surface area (Å²) in [6.45, 7) is 5.20. The van der Waals surface area contributed by atoms with Crippen molar-refractivity contribution in [2.45, 2.75) is 25.9 Å². The summed E-state index contributed by atoms with van der Waals surface area (Å²) < 4.78 is 13.1. The van der Waals surface area contributed by atoms with Crippen LogP contribution in [-0.2, 0) is 4.74 Å². The summed E-state index contributed by atoms with van der Waals surface area (Å²) in [4.78, 5) is 6.81. The molecule has 1 saturated heterocycles. The van der Waals surface area contributed by atoms with Crippen molar-refractivity contribution in [3.8, 4) is 11.4 Å². The highest BCUT2D eigenvalue weighted by Crippen LogP contribution is 2.44. The van der Waals surface area contributed by atoms with E-state index in [-0.39, 0.29) is 12.1 Å². The van der Waals surface area contributed by atoms with Crippen LogP contribution in [0.25, 0.3) is 5.69 Å². The fraction of sp³-hybridized carbons (Fsp3) is 0.241. The van der Waals surface area contributed by atoms with Crippen molar-refractivity contribution >= 4 is 34.6 Å². The van der Waals surface area contributed by atoms with Gasteiger partial charge in [0.2, 0.25) is 0 Å². The lowest BCUT2D eigenvalue weighted by molar-refractivity contribution is 0.146. The number of halogens is 1. The Kier molecular flexibility index (Phi) is 7.46. The fourth-order valence-electron chi connectivity index (χ4n) is 5.00. The quantitative estimate of drug-likeness (QED) is 0.211. The molecule has 2 aromatic heterocycles. The molecule has 0 amide bonds. The zero-order valence-corrected chi connectivity index (χ0v) is 22.6. The number of hydrogen-bond donors (Lipinski definition) is 1. The number of rotatable bonds is 8. The molecule has 0 aliphatic carbocycles. The third kappa shape index (κ3) is 4.94. The van der Waals surface area contributed by atoms with E-state index in [1.54, 1.807) is 7.11 Å². The van der Waals surface area contributed by atoms with E-state index in [4.69, 9.17) is 33.3 Å². The molecule has 190 valence electrons. The third-order valence-electron chi connectivity index (χ3n) is 6.64. The molecule has 0 bridgehead atoms. The normalized spacial score (nSPS) is 17.2. The molecule has 6 nitrogen and oxygen atoms in total. The maximum Gasteiger partial charge on any atom is 0.174 e. The lowest BCUT2D eigenvalue weighted by Gasteiger charge is -2.28. The molecule has 5 rings (SSSR count). The summed E-state index contributed by atoms with van der Waals surface area (Å²) in [5.74, 6) is 0.612. The van der Waals surface area contributed by atoms with Crippen LogP contribution in [0.5, 0.6) is 5.75 Å². The average Bonchev–Trinajstić information content (AvgIpc) is 3.41. The minimum absolute atomic E-state index is 0.137. The molecular formula is C29H29ClN4O2S. The first-order chi connectivity index (χ1) is 18.0. The number of hydrogen-bond acceptors (Lipinski definition) is 4. The van der Waals surface area contributed by atoms with Gasteiger partial charge in [0.1, 0.15) is 12.4 Å². The van der Waals surface area contributed by atoms with Gasteiger partial charge in [0.05, 0.1) is 29.4 Å². The molecule has 0 spiro atoms. The number of para-hydroxylation sites is 1. The lowest BCUT2D eigenvalue weighted by atomic mass is 9.96. The minimum atomic E-state index is -0.144. The first-order valence-electron chi connectivity index (χ1n) is 12.2. The van der Waals surface area contributed by atoms with Crippen LogP contribution in [0.2, 0.25) is 5.02 Å². The van der Waals surface area contributed by atoms with Gasteiger partial charge >= 0.3 is 0 Å². The van der Waals surface area contributed by atoms with E-state index in [1.165, 1.54) is 5.56 Å². The monoisotopic (exact) mass is 532 g/mol. The molecule has 0 radical (unpaired) electrons. The van der Waals surface area contributed by atoms with Gasteiger partial charge < -0.3 is 24.3 Å². The van der Waals surface area contributed by atoms with Crippen molar-refractivity contribution in [3.05, 3.63) is 107 Å². The predicted octanol–water partition coefficient (Wildman–Crippen LogP) is 6.34. The number of nitrogens with zero attached hydrogens (tertiary/aromatic N) is 3. The smallest absolute Gasteiger partial charge is 0.174 e. The number of methoxy groups -OCH3 is 1. The lowest BCUT2D eigenvalue weighted by Crippen LogP contribution is -2.29. The van der Waals surface area contributed by atoms with Gasteiger partial charge in [0.15, 0.2) is 5.11 Å². The van der Waals surface area contributed by atoms with Gasteiger partial charge in [-0.05, 0) is 80.2 Å². The molecule has 2 atom stereocenters. The van der Waals surface area contributed by atoms with Gasteiger partial charge in [-0.1, -0.05) is 35.9 Å². The topological polar surface area (TPSA) is 51.6 Å². The Morgan fingerprint density at radius 3 is 2.46 bits per heavy atom. The van der Waals surface area contributed by atoms with Crippen molar-refractivity contribution in [2.24, 2.45) is 0 Å². The highest BCUT2D eigenvalue weighted by molar-refractivity contribution is 7.80. The standard InChI is InChI=1S/C29H29ClN4O2S/c1-19-17-23(20(2)33(19)21-9-5-4-6-10-21)28-27(25-11-7-8-14-31-25)32-29(37)34(28)22-12-13-26(24(30)18-22)36-16-15-35-3/h4-14,17-18,27-28H,15-16H2,1-3H3,(H,32,37)/t27-,28+/m0/s1. The molecular weight excluding hydrogens is 504 g/mol. The molecule has 1 fully saturated rings. The Bertz CT molecular complexity index is 1390. The molecule has 4 aromatic rings. The molecule has 8 heteroatoms. The van der Waals surface area contributed by atoms with E-state index in [2.05, 4.69) is 63.9 Å². The maximum absolute atomic E-state index is 6.65. The van der Waals surface area contributed by atoms with Crippen LogP contribution in [-0.4, -0.2) is 35.0 Å². The van der Waals surface area contributed by atoms with Crippen molar-refractivity contribution in [1.29, 1.82) is 0 Å². The number of benzene rings is 2. The molecule has 3 heterocycles. The Hall–Kier alpha value is -3.39. The second-order valence-corrected chi connectivity index (χ2v) is 9.74. The van der Waals surface area contributed by atoms with Crippen LogP contribution in [0.15, 0.2) is 79.0 Å². The first kappa shape index (κ1) is 25.3. The molecule has 0 saturated carbocycles. The van der Waals surface area contributed by atoms with Crippen LogP contribution in [0.3, 0.4) is 0 Å². The highest BCUT2D eigenvalue weighted by atomic mass is 35.5. The summed E-state index contributed by atoms with van der Waals surface area (Å²) in [5, 5.41) is 4.67. The third-order valence-corrected chi connectivity index (χ3v) is 7.25. The zero-order chi connectivity index (χ0) is 25.9. The Morgan fingerprint density at radius 2 is 1.76 bits per heavy atom. The molecule has 1 aliphatic rings. The largest absolute Gasteiger partial charge is 0.490 e. The number of thiocarbonyl (C=S) groups is 1. The molecule has 2 aromatic carbocycles. The Morgan fingerprint density at radius 1 is 0.973 bits per heavy atom. The maximum atomic E-state index is 6.65. The first-order valence-corrected chi connectivity index (χ1v) is 12.9. The summed E-state index contributed by atoms with van der Waals surface area (Å²) in [7, 11) is 1.64. The Labute approximate surface area is 227 Å². The summed E-state index contributed by atoms with van der Waals surface area (Å²) in [5.41, 5.74) is 6.40. The number of anilines is 1. The molecule has 1 aliphatic heterocycles. The second kappa shape index (κ2) is 10.9. The van der Waals surface area contributed by atoms with Crippen LogP contribution < -0.4 is 15.0 Å². The van der Waals surface area contributed by atoms with Crippen LogP contribution >= 0.6 is 23.8 Å². The fourth-order valence-corrected chi connectivity index (χ4v) is 5.58. The average molecular weight is 533 g/mol. The number of ether oxygens (including phenoxy) is 2. The van der Waals surface area contributed by atoms with E-state index in [1.807, 2.05) is 48.7 Å². The minimum Gasteiger partial charge on any atom is -0.490 e. The van der Waals surface area contributed by atoms with Gasteiger partial charge in [-0.15, -0.1) is 0 Å². The van der Waals surface area contributed by atoms with Gasteiger partial charge in [-0.3, -0.25) is 4.98 Å². The second-order valence-electron chi connectivity index (χ2n) is 8.95. The van der Waals surface area contributed by atoms with Crippen molar-refractivity contribution in [3.63, 3.8) is 0 Å². The molecule has 37 heavy (non-hydrogen) atoms. The Balaban J connectivity index is 1.60. The van der Waals surface area contributed by atoms with Gasteiger partial charge in [-0.2, -0.15) is 0 Å². The summed E-state index contributed by atoms with van der Waals surface area (Å²) in [6, 6.07) is 24.1. The SMILES string of the molecule is COCCOc1ccc(N2C(=S)N[C@@H](c3ccccn3)[C@H]2c2cc(C)n(-c3ccccc3)c2C)cc1Cl. The van der Waals surface area contributed by atoms with Crippen molar-refractivity contribution in [2.75, 3.05) is 25.2 Å². The van der Waals surface area contributed by atoms with Gasteiger partial charge in [-0.25, -0.2) is 0 Å². The van der Waals surface area contributed by atoms with Gasteiger partial charge in [0.25, 0.3) is 0 Å². The number of aryl methyl sites for hydroxylation is 1. The number of nitrogens with one attached hydrogen (secondary N) is 1. The van der Waals surface area contributed by atoms with E-state index < -0.39 is 0 Å². The van der Waals surface area contributed by atoms with Gasteiger partial charge in [0, 0.05) is 36.1 Å². The predicted molar refractivity (Wildman–Crippen MR) is 152 cm³/mol. The number of aromatic nitrogens is 2. The molecule has 1 N–H and O–H groups in total. The van der Waals surface area contributed by atoms with Crippen molar-refractivity contribution in [1.82, 2.24) is 14.9 Å². The van der Waals surface area contributed by atoms with E-state index in [9.17, 15) is 0 Å². The number of pyridine rings is 1. The summed E-state index contributed by atoms with van der Waals surface area (Å²) >= 11 is 12.6. The van der Waals surface area contributed by atoms with E-state index in [0.29, 0.717) is 29.1 Å². The van der Waals surface area contributed by atoms with E-state index >= 15 is 0 Å². The zero-order valence-electron chi connectivity index (χ0n) is 21.0. The van der Waals surface area contributed by atoms with Crippen molar-refractivity contribution < 1.29 is 9.47 Å². The van der Waals surface area contributed by atoms with E-state index in [0.717, 1.165) is 28.5 Å². The highest BCUT2D eigenvalue weighted by Gasteiger charge is 2.42. The van der Waals surface area contributed by atoms with Crippen LogP contribution in [0, 0.1) is 13.8 Å². The summed E-state index contributed by atoms with van der Waals surface area (Å²) in [6.07, 6.45) is 1.82. The van der Waals surface area contributed by atoms with Crippen LogP contribution in [0.4, 0.5) is 5.69 Å².